The number of carbonyl (C=O) groups excluding carboxylic acids is 1. The highest BCUT2D eigenvalue weighted by Gasteiger charge is 2.17. The lowest BCUT2D eigenvalue weighted by Crippen LogP contribution is -2.17. The Bertz CT molecular complexity index is 781. The van der Waals surface area contributed by atoms with Crippen LogP contribution in [0.4, 0.5) is 5.69 Å². The molecule has 6 heteroatoms. The lowest BCUT2D eigenvalue weighted by Gasteiger charge is -2.21. The molecule has 0 aliphatic rings. The second-order valence-electron chi connectivity index (χ2n) is 5.40. The summed E-state index contributed by atoms with van der Waals surface area (Å²) in [6.45, 7) is 6.16. The van der Waals surface area contributed by atoms with Gasteiger partial charge in [-0.3, -0.25) is 4.79 Å². The standard InChI is InChI=1S/C20H22N2O4/c1-4-24-18-11-8-16(12-19(18)25-5-2)20(26-14(3)23)22-17-9-6-15(13-21)7-10-17/h6-12,20,22H,4-5H2,1-3H3. The van der Waals surface area contributed by atoms with E-state index in [1.54, 1.807) is 36.4 Å². The van der Waals surface area contributed by atoms with E-state index in [1.165, 1.54) is 6.92 Å². The van der Waals surface area contributed by atoms with Crippen molar-refractivity contribution >= 4 is 11.7 Å². The van der Waals surface area contributed by atoms with Gasteiger partial charge in [0.15, 0.2) is 17.7 Å². The lowest BCUT2D eigenvalue weighted by atomic mass is 10.1. The topological polar surface area (TPSA) is 80.6 Å². The van der Waals surface area contributed by atoms with Crippen LogP contribution >= 0.6 is 0 Å². The number of nitrogens with zero attached hydrogens (tertiary/aromatic N) is 1. The van der Waals surface area contributed by atoms with E-state index in [0.29, 0.717) is 30.3 Å². The van der Waals surface area contributed by atoms with Gasteiger partial charge in [0.05, 0.1) is 24.8 Å². The Balaban J connectivity index is 2.31. The number of anilines is 1. The number of hydrogen-bond acceptors (Lipinski definition) is 6. The Labute approximate surface area is 153 Å². The third-order valence-electron chi connectivity index (χ3n) is 3.47. The summed E-state index contributed by atoms with van der Waals surface area (Å²) >= 11 is 0. The third kappa shape index (κ3) is 5.15. The average molecular weight is 354 g/mol. The molecule has 0 fully saturated rings. The molecule has 0 heterocycles. The number of ether oxygens (including phenoxy) is 3. The van der Waals surface area contributed by atoms with Crippen molar-refractivity contribution in [3.05, 3.63) is 53.6 Å². The molecule has 0 spiro atoms. The quantitative estimate of drug-likeness (QED) is 0.569. The summed E-state index contributed by atoms with van der Waals surface area (Å²) in [5.74, 6) is 0.812. The molecule has 136 valence electrons. The molecular formula is C20H22N2O4. The highest BCUT2D eigenvalue weighted by Crippen LogP contribution is 2.32. The molecule has 0 aromatic heterocycles. The first-order chi connectivity index (χ1) is 12.6. The molecule has 0 amide bonds. The average Bonchev–Trinajstić information content (AvgIpc) is 2.63. The number of nitrogens with one attached hydrogen (secondary N) is 1. The van der Waals surface area contributed by atoms with Crippen molar-refractivity contribution in [3.63, 3.8) is 0 Å². The number of benzene rings is 2. The SMILES string of the molecule is CCOc1ccc(C(Nc2ccc(C#N)cc2)OC(C)=O)cc1OCC. The van der Waals surface area contributed by atoms with Crippen molar-refractivity contribution < 1.29 is 19.0 Å². The molecule has 2 aromatic rings. The fraction of sp³-hybridized carbons (Fsp3) is 0.300. The van der Waals surface area contributed by atoms with E-state index < -0.39 is 12.2 Å². The fourth-order valence-electron chi connectivity index (χ4n) is 2.37. The van der Waals surface area contributed by atoms with Crippen LogP contribution in [0.5, 0.6) is 11.5 Å². The van der Waals surface area contributed by atoms with E-state index in [-0.39, 0.29) is 0 Å². The van der Waals surface area contributed by atoms with E-state index in [1.807, 2.05) is 19.9 Å². The van der Waals surface area contributed by atoms with Crippen LogP contribution in [0.2, 0.25) is 0 Å². The Hall–Kier alpha value is -3.20. The van der Waals surface area contributed by atoms with Crippen LogP contribution < -0.4 is 14.8 Å². The molecule has 0 bridgehead atoms. The first-order valence-electron chi connectivity index (χ1n) is 8.40. The summed E-state index contributed by atoms with van der Waals surface area (Å²) in [4.78, 5) is 11.5. The molecule has 0 aliphatic heterocycles. The van der Waals surface area contributed by atoms with Crippen molar-refractivity contribution in [2.75, 3.05) is 18.5 Å². The van der Waals surface area contributed by atoms with E-state index >= 15 is 0 Å². The van der Waals surface area contributed by atoms with Crippen molar-refractivity contribution in [1.82, 2.24) is 0 Å². The third-order valence-corrected chi connectivity index (χ3v) is 3.47. The van der Waals surface area contributed by atoms with Gasteiger partial charge in [0.1, 0.15) is 0 Å². The minimum atomic E-state index is -0.699. The van der Waals surface area contributed by atoms with Gasteiger partial charge in [0, 0.05) is 18.2 Å². The lowest BCUT2D eigenvalue weighted by molar-refractivity contribution is -0.145. The predicted octanol–water partition coefficient (Wildman–Crippen LogP) is 4.03. The Morgan fingerprint density at radius 1 is 1.08 bits per heavy atom. The van der Waals surface area contributed by atoms with Gasteiger partial charge in [-0.15, -0.1) is 0 Å². The highest BCUT2D eigenvalue weighted by atomic mass is 16.6. The molecule has 2 rings (SSSR count). The van der Waals surface area contributed by atoms with Crippen molar-refractivity contribution in [2.45, 2.75) is 27.0 Å². The van der Waals surface area contributed by atoms with Gasteiger partial charge in [-0.2, -0.15) is 5.26 Å². The van der Waals surface area contributed by atoms with E-state index in [4.69, 9.17) is 19.5 Å². The van der Waals surface area contributed by atoms with Gasteiger partial charge in [0.2, 0.25) is 0 Å². The minimum Gasteiger partial charge on any atom is -0.490 e. The molecule has 0 saturated carbocycles. The summed E-state index contributed by atoms with van der Waals surface area (Å²) in [6, 6.07) is 14.4. The Morgan fingerprint density at radius 3 is 2.31 bits per heavy atom. The van der Waals surface area contributed by atoms with E-state index in [0.717, 1.165) is 11.3 Å². The van der Waals surface area contributed by atoms with Gasteiger partial charge in [0.25, 0.3) is 0 Å². The molecule has 26 heavy (non-hydrogen) atoms. The maximum Gasteiger partial charge on any atom is 0.304 e. The zero-order chi connectivity index (χ0) is 18.9. The van der Waals surface area contributed by atoms with Gasteiger partial charge in [-0.25, -0.2) is 0 Å². The Morgan fingerprint density at radius 2 is 1.73 bits per heavy atom. The zero-order valence-corrected chi connectivity index (χ0v) is 15.1. The van der Waals surface area contributed by atoms with Gasteiger partial charge in [-0.05, 0) is 56.3 Å². The molecular weight excluding hydrogens is 332 g/mol. The number of hydrogen-bond donors (Lipinski definition) is 1. The van der Waals surface area contributed by atoms with Crippen LogP contribution in [0.15, 0.2) is 42.5 Å². The number of carbonyl (C=O) groups is 1. The van der Waals surface area contributed by atoms with Crippen LogP contribution in [-0.4, -0.2) is 19.2 Å². The molecule has 1 unspecified atom stereocenters. The zero-order valence-electron chi connectivity index (χ0n) is 15.1. The molecule has 0 saturated heterocycles. The summed E-state index contributed by atoms with van der Waals surface area (Å²) < 4.78 is 16.6. The molecule has 6 nitrogen and oxygen atoms in total. The number of nitriles is 1. The summed E-state index contributed by atoms with van der Waals surface area (Å²) in [7, 11) is 0. The van der Waals surface area contributed by atoms with Crippen LogP contribution in [0.25, 0.3) is 0 Å². The first kappa shape index (κ1) is 19.1. The summed E-state index contributed by atoms with van der Waals surface area (Å²) in [5.41, 5.74) is 2.00. The van der Waals surface area contributed by atoms with Crippen molar-refractivity contribution in [3.8, 4) is 17.6 Å². The second-order valence-corrected chi connectivity index (χ2v) is 5.40. The number of rotatable bonds is 8. The smallest absolute Gasteiger partial charge is 0.304 e. The fourth-order valence-corrected chi connectivity index (χ4v) is 2.37. The Kier molecular flexibility index (Phi) is 6.86. The predicted molar refractivity (Wildman–Crippen MR) is 98.1 cm³/mol. The second kappa shape index (κ2) is 9.33. The summed E-state index contributed by atoms with van der Waals surface area (Å²) in [6.07, 6.45) is -0.699. The van der Waals surface area contributed by atoms with Crippen LogP contribution in [0, 0.1) is 11.3 Å². The normalized spacial score (nSPS) is 11.2. The van der Waals surface area contributed by atoms with Crippen LogP contribution in [-0.2, 0) is 9.53 Å². The van der Waals surface area contributed by atoms with Crippen LogP contribution in [0.3, 0.4) is 0 Å². The van der Waals surface area contributed by atoms with Gasteiger partial charge in [-0.1, -0.05) is 0 Å². The van der Waals surface area contributed by atoms with Gasteiger partial charge >= 0.3 is 5.97 Å². The van der Waals surface area contributed by atoms with Crippen LogP contribution in [0.1, 0.15) is 38.1 Å². The minimum absolute atomic E-state index is 0.414. The molecule has 1 N–H and O–H groups in total. The molecule has 0 aliphatic carbocycles. The van der Waals surface area contributed by atoms with E-state index in [2.05, 4.69) is 11.4 Å². The van der Waals surface area contributed by atoms with Crippen molar-refractivity contribution in [2.24, 2.45) is 0 Å². The van der Waals surface area contributed by atoms with Crippen molar-refractivity contribution in [1.29, 1.82) is 5.26 Å². The summed E-state index contributed by atoms with van der Waals surface area (Å²) in [5, 5.41) is 12.0. The molecule has 1 atom stereocenters. The molecule has 2 aromatic carbocycles. The molecule has 0 radical (unpaired) electrons. The monoisotopic (exact) mass is 354 g/mol. The number of esters is 1. The maximum absolute atomic E-state index is 11.5. The largest absolute Gasteiger partial charge is 0.490 e. The van der Waals surface area contributed by atoms with E-state index in [9.17, 15) is 4.79 Å². The highest BCUT2D eigenvalue weighted by molar-refractivity contribution is 5.67. The maximum atomic E-state index is 11.5. The van der Waals surface area contributed by atoms with Gasteiger partial charge < -0.3 is 19.5 Å². The first-order valence-corrected chi connectivity index (χ1v) is 8.40.